The Hall–Kier alpha value is -1.40. The zero-order valence-corrected chi connectivity index (χ0v) is 10.7. The molecule has 0 atom stereocenters. The number of ketones is 1. The molecule has 1 N–H and O–H groups in total. The van der Waals surface area contributed by atoms with Crippen molar-refractivity contribution in [2.24, 2.45) is 0 Å². The fourth-order valence-corrected chi connectivity index (χ4v) is 2.74. The van der Waals surface area contributed by atoms with Gasteiger partial charge in [-0.25, -0.2) is 4.98 Å². The van der Waals surface area contributed by atoms with Crippen molar-refractivity contribution in [3.8, 4) is 5.75 Å². The van der Waals surface area contributed by atoms with Gasteiger partial charge in [-0.15, -0.1) is 0 Å². The number of rotatable bonds is 4. The molecule has 0 aliphatic rings. The van der Waals surface area contributed by atoms with Crippen molar-refractivity contribution in [1.29, 1.82) is 0 Å². The topological polar surface area (TPSA) is 63.1 Å². The highest BCUT2D eigenvalue weighted by Crippen LogP contribution is 2.21. The molecule has 0 aliphatic carbocycles. The van der Waals surface area contributed by atoms with E-state index in [4.69, 9.17) is 5.11 Å². The zero-order chi connectivity index (χ0) is 12.3. The van der Waals surface area contributed by atoms with Crippen LogP contribution in [0, 0.1) is 6.92 Å². The van der Waals surface area contributed by atoms with Crippen LogP contribution >= 0.6 is 23.3 Å². The lowest BCUT2D eigenvalue weighted by Crippen LogP contribution is -2.01. The van der Waals surface area contributed by atoms with Crippen LogP contribution in [0.15, 0.2) is 28.6 Å². The van der Waals surface area contributed by atoms with Gasteiger partial charge in [0.1, 0.15) is 11.6 Å². The van der Waals surface area contributed by atoms with Gasteiger partial charge in [0.2, 0.25) is 0 Å². The quantitative estimate of drug-likeness (QED) is 0.680. The molecule has 6 heteroatoms. The molecule has 1 aromatic heterocycles. The van der Waals surface area contributed by atoms with E-state index >= 15 is 0 Å². The fourth-order valence-electron chi connectivity index (χ4n) is 1.19. The minimum absolute atomic E-state index is 0.0165. The fraction of sp³-hybridized carbons (Fsp3) is 0.182. The lowest BCUT2D eigenvalue weighted by molar-refractivity contribution is 0.102. The van der Waals surface area contributed by atoms with Crippen LogP contribution in [-0.2, 0) is 0 Å². The van der Waals surface area contributed by atoms with E-state index in [1.165, 1.54) is 35.4 Å². The summed E-state index contributed by atoms with van der Waals surface area (Å²) in [5.41, 5.74) is 0.594. The zero-order valence-electron chi connectivity index (χ0n) is 9.08. The van der Waals surface area contributed by atoms with Gasteiger partial charge in [0.25, 0.3) is 0 Å². The molecule has 17 heavy (non-hydrogen) atoms. The average molecular weight is 266 g/mol. The molecule has 0 amide bonds. The SMILES string of the molecule is Cc1nsc(SCC(=O)c2ccc(O)cc2)n1. The van der Waals surface area contributed by atoms with Gasteiger partial charge in [-0.2, -0.15) is 4.37 Å². The molecule has 0 unspecified atom stereocenters. The number of carbonyl (C=O) groups is 1. The first-order valence-electron chi connectivity index (χ1n) is 4.90. The number of hydrogen-bond donors (Lipinski definition) is 1. The highest BCUT2D eigenvalue weighted by Gasteiger charge is 2.08. The molecule has 88 valence electrons. The van der Waals surface area contributed by atoms with Crippen LogP contribution in [0.4, 0.5) is 0 Å². The van der Waals surface area contributed by atoms with Gasteiger partial charge in [-0.3, -0.25) is 4.79 Å². The van der Waals surface area contributed by atoms with Crippen molar-refractivity contribution in [2.45, 2.75) is 11.3 Å². The number of phenols is 1. The Morgan fingerprint density at radius 1 is 1.41 bits per heavy atom. The van der Waals surface area contributed by atoms with Crippen molar-refractivity contribution in [3.05, 3.63) is 35.7 Å². The number of aryl methyl sites for hydroxylation is 1. The lowest BCUT2D eigenvalue weighted by atomic mass is 10.1. The summed E-state index contributed by atoms with van der Waals surface area (Å²) in [5.74, 6) is 1.24. The summed E-state index contributed by atoms with van der Waals surface area (Å²) in [6.45, 7) is 1.82. The standard InChI is InChI=1S/C11H10N2O2S2/c1-7-12-11(17-13-7)16-6-10(15)8-2-4-9(14)5-3-8/h2-5,14H,6H2,1H3. The van der Waals surface area contributed by atoms with Gasteiger partial charge in [0.05, 0.1) is 5.75 Å². The Balaban J connectivity index is 1.95. The first-order chi connectivity index (χ1) is 8.15. The smallest absolute Gasteiger partial charge is 0.173 e. The van der Waals surface area contributed by atoms with Crippen LogP contribution in [0.25, 0.3) is 0 Å². The molecule has 0 saturated carbocycles. The highest BCUT2D eigenvalue weighted by atomic mass is 32.2. The van der Waals surface area contributed by atoms with Crippen LogP contribution in [0.2, 0.25) is 0 Å². The molecule has 0 radical (unpaired) electrons. The molecule has 2 aromatic rings. The minimum Gasteiger partial charge on any atom is -0.508 e. The average Bonchev–Trinajstić information content (AvgIpc) is 2.73. The molecule has 0 spiro atoms. The van der Waals surface area contributed by atoms with Crippen LogP contribution in [0.3, 0.4) is 0 Å². The first kappa shape index (κ1) is 12.1. The molecular weight excluding hydrogens is 256 g/mol. The van der Waals surface area contributed by atoms with E-state index in [2.05, 4.69) is 9.36 Å². The first-order valence-corrected chi connectivity index (χ1v) is 6.66. The Labute approximate surface area is 107 Å². The monoisotopic (exact) mass is 266 g/mol. The van der Waals surface area contributed by atoms with Crippen molar-refractivity contribution in [3.63, 3.8) is 0 Å². The molecule has 0 aliphatic heterocycles. The second-order valence-corrected chi connectivity index (χ2v) is 5.34. The number of hydrogen-bond acceptors (Lipinski definition) is 6. The van der Waals surface area contributed by atoms with Gasteiger partial charge in [0, 0.05) is 5.56 Å². The molecular formula is C11H10N2O2S2. The predicted octanol–water partition coefficient (Wildman–Crippen LogP) is 2.53. The van der Waals surface area contributed by atoms with Crippen LogP contribution in [0.1, 0.15) is 16.2 Å². The van der Waals surface area contributed by atoms with Gasteiger partial charge >= 0.3 is 0 Å². The van der Waals surface area contributed by atoms with Crippen molar-refractivity contribution in [1.82, 2.24) is 9.36 Å². The number of nitrogens with zero attached hydrogens (tertiary/aromatic N) is 2. The summed E-state index contributed by atoms with van der Waals surface area (Å²) in [6, 6.07) is 6.24. The van der Waals surface area contributed by atoms with Gasteiger partial charge in [0.15, 0.2) is 10.1 Å². The van der Waals surface area contributed by atoms with Gasteiger partial charge in [-0.05, 0) is 42.7 Å². The molecule has 1 heterocycles. The molecule has 0 bridgehead atoms. The molecule has 4 nitrogen and oxygen atoms in total. The second kappa shape index (κ2) is 5.29. The van der Waals surface area contributed by atoms with E-state index in [1.54, 1.807) is 12.1 Å². The van der Waals surface area contributed by atoms with Gasteiger partial charge < -0.3 is 5.11 Å². The Kier molecular flexibility index (Phi) is 3.75. The Bertz CT molecular complexity index is 523. The number of thioether (sulfide) groups is 1. The predicted molar refractivity (Wildman–Crippen MR) is 67.8 cm³/mol. The largest absolute Gasteiger partial charge is 0.508 e. The molecule has 0 fully saturated rings. The normalized spacial score (nSPS) is 10.4. The number of aromatic hydroxyl groups is 1. The summed E-state index contributed by atoms with van der Waals surface area (Å²) in [4.78, 5) is 16.0. The number of benzene rings is 1. The number of phenolic OH excluding ortho intramolecular Hbond substituents is 1. The van der Waals surface area contributed by atoms with Crippen molar-refractivity contribution < 1.29 is 9.90 Å². The Morgan fingerprint density at radius 3 is 2.71 bits per heavy atom. The molecule has 1 aromatic carbocycles. The maximum atomic E-state index is 11.8. The third-order valence-electron chi connectivity index (χ3n) is 2.02. The van der Waals surface area contributed by atoms with E-state index in [0.29, 0.717) is 11.3 Å². The van der Waals surface area contributed by atoms with Crippen LogP contribution in [0.5, 0.6) is 5.75 Å². The lowest BCUT2D eigenvalue weighted by Gasteiger charge is -1.99. The summed E-state index contributed by atoms with van der Waals surface area (Å²) < 4.78 is 4.84. The van der Waals surface area contributed by atoms with E-state index in [9.17, 15) is 4.79 Å². The van der Waals surface area contributed by atoms with E-state index in [1.807, 2.05) is 6.92 Å². The summed E-state index contributed by atoms with van der Waals surface area (Å²) in [7, 11) is 0. The number of carbonyl (C=O) groups excluding carboxylic acids is 1. The third-order valence-corrected chi connectivity index (χ3v) is 3.95. The maximum Gasteiger partial charge on any atom is 0.173 e. The minimum atomic E-state index is 0.0165. The van der Waals surface area contributed by atoms with Crippen LogP contribution in [-0.4, -0.2) is 26.0 Å². The van der Waals surface area contributed by atoms with Gasteiger partial charge in [-0.1, -0.05) is 11.8 Å². The summed E-state index contributed by atoms with van der Waals surface area (Å²) in [6.07, 6.45) is 0. The number of Topliss-reactive ketones (excluding diaryl/α,β-unsaturated/α-hetero) is 1. The summed E-state index contributed by atoms with van der Waals surface area (Å²) >= 11 is 2.68. The van der Waals surface area contributed by atoms with E-state index in [-0.39, 0.29) is 11.5 Å². The van der Waals surface area contributed by atoms with E-state index in [0.717, 1.165) is 10.2 Å². The maximum absolute atomic E-state index is 11.8. The van der Waals surface area contributed by atoms with E-state index < -0.39 is 0 Å². The summed E-state index contributed by atoms with van der Waals surface area (Å²) in [5, 5.41) is 9.12. The molecule has 2 rings (SSSR count). The van der Waals surface area contributed by atoms with Crippen LogP contribution < -0.4 is 0 Å². The van der Waals surface area contributed by atoms with Crippen molar-refractivity contribution in [2.75, 3.05) is 5.75 Å². The highest BCUT2D eigenvalue weighted by molar-refractivity contribution is 8.01. The van der Waals surface area contributed by atoms with Crippen molar-refractivity contribution >= 4 is 29.1 Å². The third kappa shape index (κ3) is 3.28. The molecule has 0 saturated heterocycles. The Morgan fingerprint density at radius 2 is 2.12 bits per heavy atom. The number of aromatic nitrogens is 2. The second-order valence-electron chi connectivity index (χ2n) is 3.37.